The summed E-state index contributed by atoms with van der Waals surface area (Å²) in [5, 5.41) is 13.2. The first kappa shape index (κ1) is 10.9. The lowest BCUT2D eigenvalue weighted by atomic mass is 10.4. The van der Waals surface area contributed by atoms with Crippen LogP contribution in [0.4, 0.5) is 5.69 Å². The molecule has 7 heteroatoms. The van der Waals surface area contributed by atoms with Crippen molar-refractivity contribution in [3.05, 3.63) is 52.9 Å². The second kappa shape index (κ2) is 4.52. The first-order valence-corrected chi connectivity index (χ1v) is 4.78. The van der Waals surface area contributed by atoms with Crippen LogP contribution in [0, 0.1) is 10.1 Å². The number of pyridine rings is 1. The Bertz CT molecular complexity index is 481. The molecule has 0 aromatic carbocycles. The highest BCUT2D eigenvalue weighted by molar-refractivity contribution is 5.55. The van der Waals surface area contributed by atoms with Gasteiger partial charge in [-0.25, -0.2) is 4.98 Å². The van der Waals surface area contributed by atoms with E-state index in [1.54, 1.807) is 35.6 Å². The second-order valence-corrected chi connectivity index (χ2v) is 3.19. The zero-order chi connectivity index (χ0) is 12.3. The lowest BCUT2D eigenvalue weighted by Gasteiger charge is -2.15. The molecule has 2 rings (SSSR count). The molecule has 2 heterocycles. The highest BCUT2D eigenvalue weighted by Crippen LogP contribution is 2.22. The third-order valence-electron chi connectivity index (χ3n) is 2.15. The van der Waals surface area contributed by atoms with Gasteiger partial charge in [0.15, 0.2) is 5.82 Å². The van der Waals surface area contributed by atoms with Gasteiger partial charge in [-0.05, 0) is 6.07 Å². The zero-order valence-electron chi connectivity index (χ0n) is 9.03. The molecule has 0 spiro atoms. The average molecular weight is 234 g/mol. The fraction of sp³-hybridized carbons (Fsp3) is 0.100. The summed E-state index contributed by atoms with van der Waals surface area (Å²) in [5.74, 6) is 0.853. The molecule has 1 aromatic heterocycles. The SMILES string of the molecule is COc1ccc(N2C=CNC2=C[N+](=O)[O-])cn1. The average Bonchev–Trinajstić information content (AvgIpc) is 2.76. The van der Waals surface area contributed by atoms with Gasteiger partial charge in [-0.2, -0.15) is 0 Å². The summed E-state index contributed by atoms with van der Waals surface area (Å²) in [5.41, 5.74) is 0.708. The molecule has 17 heavy (non-hydrogen) atoms. The van der Waals surface area contributed by atoms with E-state index in [0.29, 0.717) is 17.4 Å². The third-order valence-corrected chi connectivity index (χ3v) is 2.15. The van der Waals surface area contributed by atoms with E-state index in [9.17, 15) is 10.1 Å². The quantitative estimate of drug-likeness (QED) is 0.621. The summed E-state index contributed by atoms with van der Waals surface area (Å²) >= 11 is 0. The number of rotatable bonds is 3. The molecule has 88 valence electrons. The smallest absolute Gasteiger partial charge is 0.275 e. The molecule has 0 atom stereocenters. The van der Waals surface area contributed by atoms with Crippen molar-refractivity contribution >= 4 is 5.69 Å². The molecule has 1 aliphatic rings. The van der Waals surface area contributed by atoms with Crippen molar-refractivity contribution in [3.63, 3.8) is 0 Å². The molecular formula is C10H10N4O3. The van der Waals surface area contributed by atoms with Crippen LogP contribution >= 0.6 is 0 Å². The molecule has 0 radical (unpaired) electrons. The van der Waals surface area contributed by atoms with Crippen LogP contribution in [0.1, 0.15) is 0 Å². The van der Waals surface area contributed by atoms with Crippen molar-refractivity contribution in [1.82, 2.24) is 10.3 Å². The normalized spacial score (nSPS) is 16.1. The Morgan fingerprint density at radius 2 is 2.41 bits per heavy atom. The lowest BCUT2D eigenvalue weighted by molar-refractivity contribution is -0.403. The molecule has 0 fully saturated rings. The number of hydrogen-bond acceptors (Lipinski definition) is 6. The van der Waals surface area contributed by atoms with Crippen LogP contribution in [0.5, 0.6) is 5.88 Å². The minimum Gasteiger partial charge on any atom is -0.481 e. The van der Waals surface area contributed by atoms with Crippen LogP contribution < -0.4 is 15.0 Å². The van der Waals surface area contributed by atoms with Crippen LogP contribution in [0.3, 0.4) is 0 Å². The molecule has 0 amide bonds. The Hall–Kier alpha value is -2.57. The van der Waals surface area contributed by atoms with E-state index in [1.807, 2.05) is 0 Å². The van der Waals surface area contributed by atoms with Gasteiger partial charge in [0.2, 0.25) is 5.88 Å². The number of ether oxygens (including phenoxy) is 1. The van der Waals surface area contributed by atoms with Crippen LogP contribution in [0.25, 0.3) is 0 Å². The van der Waals surface area contributed by atoms with Crippen molar-refractivity contribution < 1.29 is 9.66 Å². The molecule has 7 nitrogen and oxygen atoms in total. The summed E-state index contributed by atoms with van der Waals surface area (Å²) in [7, 11) is 1.53. The van der Waals surface area contributed by atoms with E-state index < -0.39 is 4.92 Å². The predicted molar refractivity (Wildman–Crippen MR) is 60.6 cm³/mol. The van der Waals surface area contributed by atoms with E-state index in [1.165, 1.54) is 7.11 Å². The number of nitrogens with zero attached hydrogens (tertiary/aromatic N) is 3. The van der Waals surface area contributed by atoms with Gasteiger partial charge in [0.25, 0.3) is 6.20 Å². The Balaban J connectivity index is 2.26. The molecule has 1 N–H and O–H groups in total. The minimum absolute atomic E-state index is 0.363. The number of nitrogens with one attached hydrogen (secondary N) is 1. The van der Waals surface area contributed by atoms with Crippen molar-refractivity contribution in [2.45, 2.75) is 0 Å². The van der Waals surface area contributed by atoms with E-state index >= 15 is 0 Å². The number of hydrogen-bond donors (Lipinski definition) is 1. The third kappa shape index (κ3) is 2.33. The summed E-state index contributed by atoms with van der Waals surface area (Å²) in [6.45, 7) is 0. The lowest BCUT2D eigenvalue weighted by Crippen LogP contribution is -2.18. The van der Waals surface area contributed by atoms with Crippen molar-refractivity contribution in [3.8, 4) is 5.88 Å². The largest absolute Gasteiger partial charge is 0.481 e. The summed E-state index contributed by atoms with van der Waals surface area (Å²) in [6.07, 6.45) is 5.76. The van der Waals surface area contributed by atoms with Gasteiger partial charge >= 0.3 is 0 Å². The molecule has 1 aromatic rings. The Morgan fingerprint density at radius 1 is 1.59 bits per heavy atom. The van der Waals surface area contributed by atoms with Gasteiger partial charge in [-0.15, -0.1) is 0 Å². The number of methoxy groups -OCH3 is 1. The first-order chi connectivity index (χ1) is 8.20. The maximum Gasteiger partial charge on any atom is 0.275 e. The topological polar surface area (TPSA) is 80.5 Å². The van der Waals surface area contributed by atoms with Gasteiger partial charge in [0, 0.05) is 18.5 Å². The molecule has 1 aliphatic heterocycles. The first-order valence-electron chi connectivity index (χ1n) is 4.78. The highest BCUT2D eigenvalue weighted by Gasteiger charge is 2.17. The monoisotopic (exact) mass is 234 g/mol. The van der Waals surface area contributed by atoms with Crippen molar-refractivity contribution in [2.75, 3.05) is 12.0 Å². The fourth-order valence-electron chi connectivity index (χ4n) is 1.41. The van der Waals surface area contributed by atoms with E-state index in [4.69, 9.17) is 4.74 Å². The number of anilines is 1. The summed E-state index contributed by atoms with van der Waals surface area (Å²) in [4.78, 5) is 15.6. The molecule has 0 aliphatic carbocycles. The number of aromatic nitrogens is 1. The van der Waals surface area contributed by atoms with Crippen LogP contribution in [0.2, 0.25) is 0 Å². The summed E-state index contributed by atoms with van der Waals surface area (Å²) in [6, 6.07) is 3.45. The molecule has 0 unspecified atom stereocenters. The Labute approximate surface area is 97.2 Å². The molecule has 0 saturated heterocycles. The van der Waals surface area contributed by atoms with Crippen molar-refractivity contribution in [1.29, 1.82) is 0 Å². The van der Waals surface area contributed by atoms with Crippen LogP contribution in [-0.2, 0) is 0 Å². The Morgan fingerprint density at radius 3 is 3.00 bits per heavy atom. The minimum atomic E-state index is -0.515. The maximum absolute atomic E-state index is 10.4. The van der Waals surface area contributed by atoms with Crippen LogP contribution in [0.15, 0.2) is 42.8 Å². The fourth-order valence-corrected chi connectivity index (χ4v) is 1.41. The second-order valence-electron chi connectivity index (χ2n) is 3.19. The summed E-state index contributed by atoms with van der Waals surface area (Å²) < 4.78 is 4.94. The standard InChI is InChI=1S/C10H10N4O3/c1-17-10-3-2-8(6-12-10)13-5-4-11-9(13)7-14(15)16/h2-7,11H,1H3. The van der Waals surface area contributed by atoms with Crippen molar-refractivity contribution in [2.24, 2.45) is 0 Å². The maximum atomic E-state index is 10.4. The Kier molecular flexibility index (Phi) is 2.91. The van der Waals surface area contributed by atoms with E-state index in [2.05, 4.69) is 10.3 Å². The highest BCUT2D eigenvalue weighted by atomic mass is 16.6. The predicted octanol–water partition coefficient (Wildman–Crippen LogP) is 1.05. The van der Waals surface area contributed by atoms with Gasteiger partial charge in [-0.1, -0.05) is 0 Å². The number of nitro groups is 1. The molecular weight excluding hydrogens is 224 g/mol. The van der Waals surface area contributed by atoms with Gasteiger partial charge in [0.1, 0.15) is 0 Å². The van der Waals surface area contributed by atoms with Gasteiger partial charge in [-0.3, -0.25) is 15.0 Å². The van der Waals surface area contributed by atoms with Crippen LogP contribution in [-0.4, -0.2) is 17.0 Å². The van der Waals surface area contributed by atoms with Gasteiger partial charge < -0.3 is 10.1 Å². The van der Waals surface area contributed by atoms with Gasteiger partial charge in [0.05, 0.1) is 23.9 Å². The molecule has 0 saturated carbocycles. The molecule has 0 bridgehead atoms. The van der Waals surface area contributed by atoms with E-state index in [0.717, 1.165) is 6.20 Å². The zero-order valence-corrected chi connectivity index (χ0v) is 9.03. The van der Waals surface area contributed by atoms with E-state index in [-0.39, 0.29) is 0 Å².